The van der Waals surface area contributed by atoms with Crippen LogP contribution in [0.5, 0.6) is 0 Å². The smallest absolute Gasteiger partial charge is 0.395 e. The molecule has 24 heavy (non-hydrogen) atoms. The molecule has 0 aromatic carbocycles. The summed E-state index contributed by atoms with van der Waals surface area (Å²) in [5, 5.41) is 9.03. The van der Waals surface area contributed by atoms with E-state index in [-0.39, 0.29) is 37.3 Å². The van der Waals surface area contributed by atoms with Gasteiger partial charge in [0.15, 0.2) is 0 Å². The summed E-state index contributed by atoms with van der Waals surface area (Å²) in [7, 11) is 0. The zero-order valence-electron chi connectivity index (χ0n) is 13.6. The Morgan fingerprint density at radius 3 is 2.88 bits per heavy atom. The van der Waals surface area contributed by atoms with Crippen molar-refractivity contribution in [3.63, 3.8) is 0 Å². The van der Waals surface area contributed by atoms with Crippen LogP contribution >= 0.6 is 0 Å². The van der Waals surface area contributed by atoms with Crippen molar-refractivity contribution in [2.75, 3.05) is 37.7 Å². The predicted molar refractivity (Wildman–Crippen MR) is 83.5 cm³/mol. The highest BCUT2D eigenvalue weighted by Crippen LogP contribution is 2.36. The number of nitrogens with zero attached hydrogens (tertiary/aromatic N) is 3. The van der Waals surface area contributed by atoms with Gasteiger partial charge in [-0.3, -0.25) is 4.79 Å². The molecule has 5 nitrogen and oxygen atoms in total. The first-order valence-corrected chi connectivity index (χ1v) is 8.05. The van der Waals surface area contributed by atoms with Crippen molar-refractivity contribution in [3.05, 3.63) is 23.9 Å². The second-order valence-electron chi connectivity index (χ2n) is 5.80. The van der Waals surface area contributed by atoms with Gasteiger partial charge in [-0.05, 0) is 31.9 Å². The molecule has 1 aromatic rings. The van der Waals surface area contributed by atoms with Crippen LogP contribution in [0.4, 0.5) is 19.0 Å². The van der Waals surface area contributed by atoms with Gasteiger partial charge in [0.05, 0.1) is 18.1 Å². The Morgan fingerprint density at radius 1 is 1.50 bits per heavy atom. The molecule has 8 heteroatoms. The third-order valence-corrected chi connectivity index (χ3v) is 4.23. The molecule has 0 aliphatic carbocycles. The fourth-order valence-corrected chi connectivity index (χ4v) is 3.04. The highest BCUT2D eigenvalue weighted by Gasteiger charge is 2.37. The lowest BCUT2D eigenvalue weighted by atomic mass is 9.96. The molecule has 0 radical (unpaired) electrons. The van der Waals surface area contributed by atoms with Gasteiger partial charge in [-0.2, -0.15) is 13.2 Å². The Bertz CT molecular complexity index is 566. The maximum atomic E-state index is 13.2. The molecule has 2 rings (SSSR count). The number of carbonyl (C=O) groups is 1. The molecule has 1 saturated heterocycles. The molecule has 2 heterocycles. The van der Waals surface area contributed by atoms with Crippen LogP contribution in [0.15, 0.2) is 18.3 Å². The number of piperidine rings is 1. The van der Waals surface area contributed by atoms with Gasteiger partial charge in [-0.25, -0.2) is 4.98 Å². The number of rotatable bonds is 5. The average Bonchev–Trinajstić information content (AvgIpc) is 2.58. The molecule has 1 fully saturated rings. The minimum atomic E-state index is -4.48. The number of anilines is 1. The summed E-state index contributed by atoms with van der Waals surface area (Å²) in [4.78, 5) is 19.5. The quantitative estimate of drug-likeness (QED) is 0.889. The Balaban J connectivity index is 2.18. The SMILES string of the molecule is CCN(CCO)C(=O)[C@@H]1CCCN(c2ncccc2C(F)(F)F)C1. The van der Waals surface area contributed by atoms with E-state index in [1.54, 1.807) is 4.90 Å². The van der Waals surface area contributed by atoms with E-state index >= 15 is 0 Å². The minimum absolute atomic E-state index is 0.118. The van der Waals surface area contributed by atoms with Crippen molar-refractivity contribution in [1.82, 2.24) is 9.88 Å². The molecule has 1 N–H and O–H groups in total. The van der Waals surface area contributed by atoms with Gasteiger partial charge in [-0.15, -0.1) is 0 Å². The van der Waals surface area contributed by atoms with Crippen LogP contribution in [0.25, 0.3) is 0 Å². The minimum Gasteiger partial charge on any atom is -0.395 e. The van der Waals surface area contributed by atoms with Crippen molar-refractivity contribution >= 4 is 11.7 Å². The maximum absolute atomic E-state index is 13.2. The van der Waals surface area contributed by atoms with Crippen LogP contribution in [0.3, 0.4) is 0 Å². The van der Waals surface area contributed by atoms with E-state index in [2.05, 4.69) is 4.98 Å². The molecule has 1 aliphatic rings. The number of likely N-dealkylation sites (N-methyl/N-ethyl adjacent to an activating group) is 1. The molecular weight excluding hydrogens is 323 g/mol. The van der Waals surface area contributed by atoms with E-state index in [1.807, 2.05) is 6.92 Å². The first-order chi connectivity index (χ1) is 11.4. The summed E-state index contributed by atoms with van der Waals surface area (Å²) in [5.74, 6) is -0.623. The van der Waals surface area contributed by atoms with E-state index in [1.165, 1.54) is 17.2 Å². The second kappa shape index (κ2) is 7.83. The molecule has 134 valence electrons. The van der Waals surface area contributed by atoms with Gasteiger partial charge < -0.3 is 14.9 Å². The van der Waals surface area contributed by atoms with Crippen molar-refractivity contribution in [2.45, 2.75) is 25.9 Å². The molecule has 1 aromatic heterocycles. The predicted octanol–water partition coefficient (Wildman–Crippen LogP) is 2.16. The number of hydrogen-bond acceptors (Lipinski definition) is 4. The van der Waals surface area contributed by atoms with Crippen LogP contribution in [0.2, 0.25) is 0 Å². The summed E-state index contributed by atoms with van der Waals surface area (Å²) >= 11 is 0. The summed E-state index contributed by atoms with van der Waals surface area (Å²) in [6, 6.07) is 2.27. The first kappa shape index (κ1) is 18.5. The summed E-state index contributed by atoms with van der Waals surface area (Å²) in [6.07, 6.45) is -1.89. The fourth-order valence-electron chi connectivity index (χ4n) is 3.04. The zero-order valence-corrected chi connectivity index (χ0v) is 13.6. The van der Waals surface area contributed by atoms with Crippen molar-refractivity contribution in [1.29, 1.82) is 0 Å². The second-order valence-corrected chi connectivity index (χ2v) is 5.80. The Hall–Kier alpha value is -1.83. The molecule has 1 amide bonds. The third kappa shape index (κ3) is 4.17. The largest absolute Gasteiger partial charge is 0.419 e. The number of aromatic nitrogens is 1. The van der Waals surface area contributed by atoms with Crippen LogP contribution in [0, 0.1) is 5.92 Å². The van der Waals surface area contributed by atoms with Crippen LogP contribution in [-0.4, -0.2) is 53.7 Å². The van der Waals surface area contributed by atoms with Crippen LogP contribution in [0.1, 0.15) is 25.3 Å². The van der Waals surface area contributed by atoms with Gasteiger partial charge in [0.2, 0.25) is 5.91 Å². The maximum Gasteiger partial charge on any atom is 0.419 e. The molecule has 0 unspecified atom stereocenters. The van der Waals surface area contributed by atoms with Crippen LogP contribution in [-0.2, 0) is 11.0 Å². The lowest BCUT2D eigenvalue weighted by Crippen LogP contribution is -2.46. The first-order valence-electron chi connectivity index (χ1n) is 8.05. The van der Waals surface area contributed by atoms with Gasteiger partial charge in [0, 0.05) is 32.4 Å². The standard InChI is InChI=1S/C16H22F3N3O2/c1-2-21(9-10-23)15(24)12-5-4-8-22(11-12)14-13(16(17,18)19)6-3-7-20-14/h3,6-7,12,23H,2,4-5,8-11H2,1H3/t12-/m1/s1. The number of halogens is 3. The van der Waals surface area contributed by atoms with Crippen molar-refractivity contribution < 1.29 is 23.1 Å². The summed E-state index contributed by atoms with van der Waals surface area (Å²) in [5.41, 5.74) is -0.777. The fraction of sp³-hybridized carbons (Fsp3) is 0.625. The number of hydrogen-bond donors (Lipinski definition) is 1. The van der Waals surface area contributed by atoms with Gasteiger partial charge in [0.25, 0.3) is 0 Å². The van der Waals surface area contributed by atoms with E-state index in [0.717, 1.165) is 6.07 Å². The Kier molecular flexibility index (Phi) is 6.04. The number of aliphatic hydroxyl groups excluding tert-OH is 1. The lowest BCUT2D eigenvalue weighted by molar-refractivity contribution is -0.137. The number of carbonyl (C=O) groups excluding carboxylic acids is 1. The molecule has 0 saturated carbocycles. The number of aliphatic hydroxyl groups is 1. The van der Waals surface area contributed by atoms with E-state index < -0.39 is 11.7 Å². The van der Waals surface area contributed by atoms with Gasteiger partial charge >= 0.3 is 6.18 Å². The van der Waals surface area contributed by atoms with Crippen LogP contribution < -0.4 is 4.90 Å². The third-order valence-electron chi connectivity index (χ3n) is 4.23. The normalized spacial score (nSPS) is 18.5. The monoisotopic (exact) mass is 345 g/mol. The molecule has 1 aliphatic heterocycles. The Morgan fingerprint density at radius 2 is 2.25 bits per heavy atom. The van der Waals surface area contributed by atoms with E-state index in [9.17, 15) is 18.0 Å². The summed E-state index contributed by atoms with van der Waals surface area (Å²) in [6.45, 7) is 3.04. The molecule has 0 spiro atoms. The van der Waals surface area contributed by atoms with E-state index in [4.69, 9.17) is 5.11 Å². The topological polar surface area (TPSA) is 56.7 Å². The number of alkyl halides is 3. The van der Waals surface area contributed by atoms with Crippen molar-refractivity contribution in [2.24, 2.45) is 5.92 Å². The summed E-state index contributed by atoms with van der Waals surface area (Å²) < 4.78 is 39.5. The molecular formula is C16H22F3N3O2. The zero-order chi connectivity index (χ0) is 17.7. The highest BCUT2D eigenvalue weighted by atomic mass is 19.4. The van der Waals surface area contributed by atoms with E-state index in [0.29, 0.717) is 25.9 Å². The Labute approximate surface area is 139 Å². The number of amides is 1. The average molecular weight is 345 g/mol. The molecule has 1 atom stereocenters. The number of pyridine rings is 1. The lowest BCUT2D eigenvalue weighted by Gasteiger charge is -2.36. The van der Waals surface area contributed by atoms with Gasteiger partial charge in [-0.1, -0.05) is 0 Å². The van der Waals surface area contributed by atoms with Gasteiger partial charge in [0.1, 0.15) is 5.82 Å². The highest BCUT2D eigenvalue weighted by molar-refractivity contribution is 5.79. The molecule has 0 bridgehead atoms. The van der Waals surface area contributed by atoms with Crippen molar-refractivity contribution in [3.8, 4) is 0 Å².